The van der Waals surface area contributed by atoms with Gasteiger partial charge in [-0.05, 0) is 31.0 Å². The minimum absolute atomic E-state index is 0.220. The predicted molar refractivity (Wildman–Crippen MR) is 81.4 cm³/mol. The van der Waals surface area contributed by atoms with Gasteiger partial charge in [-0.1, -0.05) is 20.8 Å². The monoisotopic (exact) mass is 277 g/mol. The first-order valence-electron chi connectivity index (χ1n) is 7.47. The number of aromatic nitrogens is 2. The highest BCUT2D eigenvalue weighted by Gasteiger charge is 2.12. The van der Waals surface area contributed by atoms with Gasteiger partial charge < -0.3 is 9.88 Å². The van der Waals surface area contributed by atoms with Gasteiger partial charge >= 0.3 is 0 Å². The number of hydrogen-bond acceptors (Lipinski definition) is 2. The molecule has 0 radical (unpaired) electrons. The Labute approximate surface area is 120 Å². The minimum Gasteiger partial charge on any atom is -0.328 e. The van der Waals surface area contributed by atoms with Crippen LogP contribution in [0.3, 0.4) is 0 Å². The van der Waals surface area contributed by atoms with Crippen LogP contribution in [-0.2, 0) is 13.0 Å². The Hall–Kier alpha value is -1.42. The molecule has 0 saturated carbocycles. The van der Waals surface area contributed by atoms with Gasteiger partial charge in [-0.25, -0.2) is 9.37 Å². The number of benzene rings is 1. The van der Waals surface area contributed by atoms with Crippen LogP contribution in [0, 0.1) is 11.7 Å². The SMILES string of the molecule is CCCNCCc1nc2cc(F)ccc2n1CC(C)C. The van der Waals surface area contributed by atoms with Crippen LogP contribution in [0.5, 0.6) is 0 Å². The zero-order valence-corrected chi connectivity index (χ0v) is 12.6. The molecule has 0 fully saturated rings. The molecule has 2 aromatic rings. The summed E-state index contributed by atoms with van der Waals surface area (Å²) >= 11 is 0. The Kier molecular flexibility index (Phi) is 5.12. The predicted octanol–water partition coefficient (Wildman–Crippen LogP) is 3.37. The molecule has 0 aliphatic carbocycles. The van der Waals surface area contributed by atoms with Crippen molar-refractivity contribution in [2.24, 2.45) is 5.92 Å². The van der Waals surface area contributed by atoms with Crippen molar-refractivity contribution in [1.82, 2.24) is 14.9 Å². The van der Waals surface area contributed by atoms with Gasteiger partial charge in [0.25, 0.3) is 0 Å². The van der Waals surface area contributed by atoms with Gasteiger partial charge in [0.1, 0.15) is 11.6 Å². The van der Waals surface area contributed by atoms with Gasteiger partial charge in [-0.2, -0.15) is 0 Å². The highest BCUT2D eigenvalue weighted by atomic mass is 19.1. The number of rotatable bonds is 7. The maximum atomic E-state index is 13.3. The Bertz CT molecular complexity index is 560. The molecule has 0 spiro atoms. The molecule has 3 nitrogen and oxygen atoms in total. The molecule has 0 unspecified atom stereocenters. The van der Waals surface area contributed by atoms with Gasteiger partial charge in [-0.3, -0.25) is 0 Å². The quantitative estimate of drug-likeness (QED) is 0.786. The van der Waals surface area contributed by atoms with Crippen molar-refractivity contribution in [3.05, 3.63) is 29.8 Å². The second-order valence-corrected chi connectivity index (χ2v) is 5.67. The third-order valence-electron chi connectivity index (χ3n) is 3.29. The summed E-state index contributed by atoms with van der Waals surface area (Å²) < 4.78 is 15.6. The van der Waals surface area contributed by atoms with E-state index in [4.69, 9.17) is 0 Å². The lowest BCUT2D eigenvalue weighted by atomic mass is 10.2. The van der Waals surface area contributed by atoms with E-state index in [9.17, 15) is 4.39 Å². The summed E-state index contributed by atoms with van der Waals surface area (Å²) in [4.78, 5) is 4.61. The van der Waals surface area contributed by atoms with E-state index in [-0.39, 0.29) is 5.82 Å². The van der Waals surface area contributed by atoms with E-state index in [1.807, 2.05) is 6.07 Å². The molecule has 1 aromatic heterocycles. The van der Waals surface area contributed by atoms with Crippen LogP contribution in [-0.4, -0.2) is 22.6 Å². The van der Waals surface area contributed by atoms with Gasteiger partial charge in [0, 0.05) is 25.6 Å². The van der Waals surface area contributed by atoms with Gasteiger partial charge in [-0.15, -0.1) is 0 Å². The summed E-state index contributed by atoms with van der Waals surface area (Å²) in [5.74, 6) is 1.37. The first-order valence-corrected chi connectivity index (χ1v) is 7.47. The molecule has 0 saturated heterocycles. The van der Waals surface area contributed by atoms with Crippen LogP contribution >= 0.6 is 0 Å². The molecule has 1 N–H and O–H groups in total. The van der Waals surface area contributed by atoms with Crippen molar-refractivity contribution in [2.75, 3.05) is 13.1 Å². The number of nitrogens with zero attached hydrogens (tertiary/aromatic N) is 2. The molecule has 110 valence electrons. The number of hydrogen-bond donors (Lipinski definition) is 1. The van der Waals surface area contributed by atoms with Crippen LogP contribution in [0.1, 0.15) is 33.0 Å². The zero-order chi connectivity index (χ0) is 14.5. The third kappa shape index (κ3) is 3.57. The Morgan fingerprint density at radius 1 is 1.30 bits per heavy atom. The van der Waals surface area contributed by atoms with Gasteiger partial charge in [0.05, 0.1) is 11.0 Å². The molecule has 1 heterocycles. The molecule has 0 aliphatic heterocycles. The Balaban J connectivity index is 2.26. The number of nitrogens with one attached hydrogen (secondary N) is 1. The van der Waals surface area contributed by atoms with E-state index >= 15 is 0 Å². The van der Waals surface area contributed by atoms with E-state index in [1.54, 1.807) is 0 Å². The lowest BCUT2D eigenvalue weighted by Crippen LogP contribution is -2.20. The summed E-state index contributed by atoms with van der Waals surface area (Å²) in [5, 5.41) is 3.39. The molecule has 2 rings (SSSR count). The smallest absolute Gasteiger partial charge is 0.125 e. The lowest BCUT2D eigenvalue weighted by Gasteiger charge is -2.12. The van der Waals surface area contributed by atoms with E-state index < -0.39 is 0 Å². The Morgan fingerprint density at radius 3 is 2.80 bits per heavy atom. The maximum absolute atomic E-state index is 13.3. The largest absolute Gasteiger partial charge is 0.328 e. The average molecular weight is 277 g/mol. The van der Waals surface area contributed by atoms with Crippen molar-refractivity contribution < 1.29 is 4.39 Å². The zero-order valence-electron chi connectivity index (χ0n) is 12.6. The lowest BCUT2D eigenvalue weighted by molar-refractivity contribution is 0.512. The van der Waals surface area contributed by atoms with Crippen LogP contribution < -0.4 is 5.32 Å². The van der Waals surface area contributed by atoms with Crippen molar-refractivity contribution in [3.8, 4) is 0 Å². The topological polar surface area (TPSA) is 29.9 Å². The fraction of sp³-hybridized carbons (Fsp3) is 0.562. The normalized spacial score (nSPS) is 11.7. The molecule has 0 amide bonds. The first kappa shape index (κ1) is 15.0. The minimum atomic E-state index is -0.220. The van der Waals surface area contributed by atoms with E-state index in [2.05, 4.69) is 35.6 Å². The molecule has 20 heavy (non-hydrogen) atoms. The highest BCUT2D eigenvalue weighted by molar-refractivity contribution is 5.76. The Morgan fingerprint density at radius 2 is 2.10 bits per heavy atom. The number of halogens is 1. The van der Waals surface area contributed by atoms with E-state index in [0.29, 0.717) is 5.92 Å². The standard InChI is InChI=1S/C16H24FN3/c1-4-8-18-9-7-16-19-14-10-13(17)5-6-15(14)20(16)11-12(2)3/h5-6,10,12,18H,4,7-9,11H2,1-3H3. The highest BCUT2D eigenvalue weighted by Crippen LogP contribution is 2.19. The second-order valence-electron chi connectivity index (χ2n) is 5.67. The van der Waals surface area contributed by atoms with Crippen molar-refractivity contribution in [2.45, 2.75) is 40.2 Å². The van der Waals surface area contributed by atoms with Crippen LogP contribution in [0.2, 0.25) is 0 Å². The summed E-state index contributed by atoms with van der Waals surface area (Å²) in [6, 6.07) is 4.87. The van der Waals surface area contributed by atoms with Crippen LogP contribution in [0.15, 0.2) is 18.2 Å². The fourth-order valence-corrected chi connectivity index (χ4v) is 2.41. The number of imidazole rings is 1. The van der Waals surface area contributed by atoms with Gasteiger partial charge in [0.15, 0.2) is 0 Å². The van der Waals surface area contributed by atoms with E-state index in [1.165, 1.54) is 12.1 Å². The summed E-state index contributed by atoms with van der Waals surface area (Å²) in [5.41, 5.74) is 1.79. The van der Waals surface area contributed by atoms with E-state index in [0.717, 1.165) is 49.3 Å². The molecule has 0 aliphatic rings. The van der Waals surface area contributed by atoms with Crippen molar-refractivity contribution >= 4 is 11.0 Å². The van der Waals surface area contributed by atoms with Crippen molar-refractivity contribution in [3.63, 3.8) is 0 Å². The molecule has 0 bridgehead atoms. The fourth-order valence-electron chi connectivity index (χ4n) is 2.41. The average Bonchev–Trinajstić information content (AvgIpc) is 2.71. The third-order valence-corrected chi connectivity index (χ3v) is 3.29. The number of fused-ring (bicyclic) bond motifs is 1. The van der Waals surface area contributed by atoms with Crippen LogP contribution in [0.25, 0.3) is 11.0 Å². The summed E-state index contributed by atoms with van der Waals surface area (Å²) in [7, 11) is 0. The van der Waals surface area contributed by atoms with Crippen molar-refractivity contribution in [1.29, 1.82) is 0 Å². The summed E-state index contributed by atoms with van der Waals surface area (Å²) in [6.45, 7) is 9.40. The molecular weight excluding hydrogens is 253 g/mol. The second kappa shape index (κ2) is 6.84. The van der Waals surface area contributed by atoms with Gasteiger partial charge in [0.2, 0.25) is 0 Å². The maximum Gasteiger partial charge on any atom is 0.125 e. The summed E-state index contributed by atoms with van der Waals surface area (Å²) in [6.07, 6.45) is 2.01. The first-order chi connectivity index (χ1) is 9.61. The molecular formula is C16H24FN3. The molecule has 4 heteroatoms. The van der Waals surface area contributed by atoms with Crippen LogP contribution in [0.4, 0.5) is 4.39 Å². The molecule has 0 atom stereocenters. The molecule has 1 aromatic carbocycles.